The van der Waals surface area contributed by atoms with Gasteiger partial charge in [-0.25, -0.2) is 4.79 Å². The summed E-state index contributed by atoms with van der Waals surface area (Å²) in [5.74, 6) is -3.48. The van der Waals surface area contributed by atoms with Gasteiger partial charge in [0.25, 0.3) is 0 Å². The minimum absolute atomic E-state index is 0.0308. The molecule has 1 rings (SSSR count). The number of hydrogen-bond donors (Lipinski definition) is 2. The Morgan fingerprint density at radius 2 is 1.40 bits per heavy atom. The van der Waals surface area contributed by atoms with Crippen LogP contribution in [0.3, 0.4) is 0 Å². The fraction of sp³-hybridized carbons (Fsp3) is 0.667. The molecule has 2 N–H and O–H groups in total. The summed E-state index contributed by atoms with van der Waals surface area (Å²) in [6.07, 6.45) is 11.4. The fourth-order valence-electron chi connectivity index (χ4n) is 4.62. The largest absolute Gasteiger partial charge is 0.481 e. The molecule has 0 saturated heterocycles. The standard InChI is InChI=1S/C33H51NO8/c1-33(2,3)42-32(40)34-28(22-18-23-29(36)41-25-26-19-14-13-15-20-26)30(37)27(31(38)39)21-16-11-9-7-5-4-6-8-10-12-17-24-35/h13-15,19-20,24,27-28H,4-12,16-18,21-23,25H2,1-3H3,(H,34,40)(H,38,39)/t27?,28-/m0/s1. The van der Waals surface area contributed by atoms with Gasteiger partial charge in [-0.05, 0) is 52.0 Å². The number of carboxylic acid groups (broad SMARTS) is 1. The Morgan fingerprint density at radius 3 is 1.95 bits per heavy atom. The molecular formula is C33H51NO8. The minimum Gasteiger partial charge on any atom is -0.481 e. The second-order valence-corrected chi connectivity index (χ2v) is 11.8. The summed E-state index contributed by atoms with van der Waals surface area (Å²) in [7, 11) is 0. The van der Waals surface area contributed by atoms with Crippen molar-refractivity contribution in [3.63, 3.8) is 0 Å². The average molecular weight is 590 g/mol. The number of esters is 1. The van der Waals surface area contributed by atoms with Crippen molar-refractivity contribution >= 4 is 30.1 Å². The molecule has 0 spiro atoms. The number of carbonyl (C=O) groups excluding carboxylic acids is 4. The molecule has 9 heteroatoms. The molecule has 42 heavy (non-hydrogen) atoms. The lowest BCUT2D eigenvalue weighted by molar-refractivity contribution is -0.148. The van der Waals surface area contributed by atoms with Crippen molar-refractivity contribution in [3.8, 4) is 0 Å². The van der Waals surface area contributed by atoms with Crippen LogP contribution in [0.25, 0.3) is 0 Å². The smallest absolute Gasteiger partial charge is 0.408 e. The minimum atomic E-state index is -1.25. The van der Waals surface area contributed by atoms with Gasteiger partial charge < -0.3 is 24.7 Å². The highest BCUT2D eigenvalue weighted by molar-refractivity contribution is 6.02. The molecule has 0 aliphatic heterocycles. The van der Waals surface area contributed by atoms with Gasteiger partial charge in [0.1, 0.15) is 24.4 Å². The molecule has 0 aromatic heterocycles. The molecule has 0 saturated carbocycles. The molecule has 0 fully saturated rings. The molecule has 1 aromatic carbocycles. The van der Waals surface area contributed by atoms with E-state index in [1.165, 1.54) is 0 Å². The first-order valence-electron chi connectivity index (χ1n) is 15.4. The van der Waals surface area contributed by atoms with Gasteiger partial charge in [0.2, 0.25) is 0 Å². The fourth-order valence-corrected chi connectivity index (χ4v) is 4.62. The number of amides is 1. The van der Waals surface area contributed by atoms with Crippen molar-refractivity contribution in [1.29, 1.82) is 0 Å². The summed E-state index contributed by atoms with van der Waals surface area (Å²) in [5, 5.41) is 12.4. The molecule has 0 aliphatic carbocycles. The first-order valence-corrected chi connectivity index (χ1v) is 15.4. The van der Waals surface area contributed by atoms with E-state index in [-0.39, 0.29) is 32.3 Å². The number of alkyl carbamates (subject to hydrolysis) is 1. The van der Waals surface area contributed by atoms with Crippen LogP contribution in [0.15, 0.2) is 30.3 Å². The van der Waals surface area contributed by atoms with E-state index >= 15 is 0 Å². The van der Waals surface area contributed by atoms with Crippen LogP contribution in [0.5, 0.6) is 0 Å². The highest BCUT2D eigenvalue weighted by atomic mass is 16.6. The van der Waals surface area contributed by atoms with Crippen LogP contribution in [0.2, 0.25) is 0 Å². The summed E-state index contributed by atoms with van der Waals surface area (Å²) in [5.41, 5.74) is 0.0683. The number of hydrogen-bond acceptors (Lipinski definition) is 7. The summed E-state index contributed by atoms with van der Waals surface area (Å²) >= 11 is 0. The number of aliphatic carboxylic acids is 1. The maximum Gasteiger partial charge on any atom is 0.408 e. The normalized spacial score (nSPS) is 12.6. The Labute approximate surface area is 251 Å². The molecule has 236 valence electrons. The van der Waals surface area contributed by atoms with Crippen molar-refractivity contribution in [2.45, 2.75) is 135 Å². The van der Waals surface area contributed by atoms with Crippen LogP contribution in [0.4, 0.5) is 4.79 Å². The zero-order chi connectivity index (χ0) is 31.2. The molecule has 2 atom stereocenters. The topological polar surface area (TPSA) is 136 Å². The number of rotatable bonds is 23. The average Bonchev–Trinajstić information content (AvgIpc) is 2.93. The zero-order valence-electron chi connectivity index (χ0n) is 25.7. The van der Waals surface area contributed by atoms with Gasteiger partial charge >= 0.3 is 18.0 Å². The molecular weight excluding hydrogens is 538 g/mol. The first kappa shape index (κ1) is 36.8. The molecule has 0 radical (unpaired) electrons. The van der Waals surface area contributed by atoms with Crippen molar-refractivity contribution in [1.82, 2.24) is 5.32 Å². The number of benzene rings is 1. The number of Topliss-reactive ketones (excluding diaryl/α,β-unsaturated/α-hetero) is 1. The van der Waals surface area contributed by atoms with E-state index in [1.807, 2.05) is 30.3 Å². The Morgan fingerprint density at radius 1 is 0.833 bits per heavy atom. The number of aldehydes is 1. The van der Waals surface area contributed by atoms with Gasteiger partial charge in [-0.1, -0.05) is 88.1 Å². The summed E-state index contributed by atoms with van der Waals surface area (Å²) in [6.45, 7) is 5.23. The van der Waals surface area contributed by atoms with Crippen molar-refractivity contribution in [3.05, 3.63) is 35.9 Å². The molecule has 0 heterocycles. The van der Waals surface area contributed by atoms with Crippen LogP contribution < -0.4 is 5.32 Å². The van der Waals surface area contributed by atoms with Gasteiger partial charge in [0.05, 0.1) is 6.04 Å². The van der Waals surface area contributed by atoms with E-state index in [2.05, 4.69) is 5.32 Å². The third-order valence-electron chi connectivity index (χ3n) is 6.86. The second kappa shape index (κ2) is 21.5. The number of nitrogens with one attached hydrogen (secondary N) is 1. The summed E-state index contributed by atoms with van der Waals surface area (Å²) in [4.78, 5) is 60.4. The van der Waals surface area contributed by atoms with Gasteiger partial charge in [-0.15, -0.1) is 0 Å². The number of unbranched alkanes of at least 4 members (excludes halogenated alkanes) is 10. The summed E-state index contributed by atoms with van der Waals surface area (Å²) < 4.78 is 10.6. The van der Waals surface area contributed by atoms with Crippen LogP contribution in [0.1, 0.15) is 123 Å². The van der Waals surface area contributed by atoms with Crippen LogP contribution in [0, 0.1) is 5.92 Å². The second-order valence-electron chi connectivity index (χ2n) is 11.8. The van der Waals surface area contributed by atoms with E-state index in [9.17, 15) is 29.1 Å². The number of carboxylic acids is 1. The molecule has 0 bridgehead atoms. The molecule has 0 aliphatic rings. The monoisotopic (exact) mass is 589 g/mol. The van der Waals surface area contributed by atoms with E-state index < -0.39 is 41.4 Å². The lowest BCUT2D eigenvalue weighted by Crippen LogP contribution is -2.47. The number of ether oxygens (including phenoxy) is 2. The Balaban J connectivity index is 2.55. The lowest BCUT2D eigenvalue weighted by Gasteiger charge is -2.24. The molecule has 9 nitrogen and oxygen atoms in total. The van der Waals surface area contributed by atoms with E-state index in [1.54, 1.807) is 20.8 Å². The molecule has 1 unspecified atom stereocenters. The van der Waals surface area contributed by atoms with Gasteiger partial charge in [0, 0.05) is 12.8 Å². The highest BCUT2D eigenvalue weighted by Gasteiger charge is 2.33. The van der Waals surface area contributed by atoms with Crippen LogP contribution in [-0.2, 0) is 35.3 Å². The van der Waals surface area contributed by atoms with Gasteiger partial charge in [0.15, 0.2) is 5.78 Å². The van der Waals surface area contributed by atoms with Crippen molar-refractivity contribution in [2.24, 2.45) is 5.92 Å². The van der Waals surface area contributed by atoms with Gasteiger partial charge in [-0.3, -0.25) is 14.4 Å². The van der Waals surface area contributed by atoms with Crippen molar-refractivity contribution < 1.29 is 38.6 Å². The van der Waals surface area contributed by atoms with E-state index in [4.69, 9.17) is 9.47 Å². The third-order valence-corrected chi connectivity index (χ3v) is 6.86. The number of carbonyl (C=O) groups is 5. The predicted molar refractivity (Wildman–Crippen MR) is 161 cm³/mol. The van der Waals surface area contributed by atoms with Crippen LogP contribution >= 0.6 is 0 Å². The summed E-state index contributed by atoms with van der Waals surface area (Å²) in [6, 6.07) is 8.18. The highest BCUT2D eigenvalue weighted by Crippen LogP contribution is 2.19. The maximum atomic E-state index is 13.3. The Kier molecular flexibility index (Phi) is 18.8. The SMILES string of the molecule is CC(C)(C)OC(=O)N[C@@H](CCCC(=O)OCc1ccccc1)C(=O)C(CCCCCCCCCCCCC=O)C(=O)O. The lowest BCUT2D eigenvalue weighted by atomic mass is 9.90. The van der Waals surface area contributed by atoms with Gasteiger partial charge in [-0.2, -0.15) is 0 Å². The van der Waals surface area contributed by atoms with E-state index in [0.717, 1.165) is 69.6 Å². The maximum absolute atomic E-state index is 13.3. The predicted octanol–water partition coefficient (Wildman–Crippen LogP) is 6.94. The zero-order valence-corrected chi connectivity index (χ0v) is 25.7. The first-order chi connectivity index (χ1) is 20.0. The molecule has 1 aromatic rings. The number of ketones is 1. The Hall–Kier alpha value is -3.23. The Bertz CT molecular complexity index is 941. The third kappa shape index (κ3) is 18.3. The van der Waals surface area contributed by atoms with E-state index in [0.29, 0.717) is 12.8 Å². The van der Waals surface area contributed by atoms with Crippen LogP contribution in [-0.4, -0.2) is 46.9 Å². The molecule has 1 amide bonds. The quantitative estimate of drug-likeness (QED) is 0.0606. The van der Waals surface area contributed by atoms with Crippen molar-refractivity contribution in [2.75, 3.05) is 0 Å².